The van der Waals surface area contributed by atoms with Gasteiger partial charge in [0.15, 0.2) is 0 Å². The highest BCUT2D eigenvalue weighted by molar-refractivity contribution is 5.82. The Bertz CT molecular complexity index is 1160. The summed E-state index contributed by atoms with van der Waals surface area (Å²) in [7, 11) is 0. The van der Waals surface area contributed by atoms with Gasteiger partial charge in [-0.2, -0.15) is 0 Å². The van der Waals surface area contributed by atoms with Crippen LogP contribution in [0.2, 0.25) is 0 Å². The Kier molecular flexibility index (Phi) is 10.9. The van der Waals surface area contributed by atoms with E-state index in [1.165, 1.54) is 0 Å². The maximum Gasteiger partial charge on any atom is 0.305 e. The highest BCUT2D eigenvalue weighted by Crippen LogP contribution is 2.32. The van der Waals surface area contributed by atoms with Crippen LogP contribution in [0, 0.1) is 11.8 Å². The number of nitrogens with zero attached hydrogens (tertiary/aromatic N) is 2. The molecule has 0 unspecified atom stereocenters. The molecule has 0 spiro atoms. The molecule has 3 heterocycles. The molecule has 3 N–H and O–H groups in total. The minimum atomic E-state index is -1.05. The number of benzene rings is 1. The van der Waals surface area contributed by atoms with E-state index in [1.807, 2.05) is 12.1 Å². The molecule has 2 saturated heterocycles. The fourth-order valence-corrected chi connectivity index (χ4v) is 5.57. The summed E-state index contributed by atoms with van der Waals surface area (Å²) < 4.78 is 18.2. The van der Waals surface area contributed by atoms with Crippen LogP contribution >= 0.6 is 0 Å². The summed E-state index contributed by atoms with van der Waals surface area (Å²) >= 11 is 0. The molecule has 216 valence electrons. The second kappa shape index (κ2) is 14.7. The molecular formula is C30H39FN4O5. The van der Waals surface area contributed by atoms with E-state index in [-0.39, 0.29) is 24.8 Å². The van der Waals surface area contributed by atoms with Crippen LogP contribution in [0.3, 0.4) is 0 Å². The normalized spacial score (nSPS) is 18.6. The van der Waals surface area contributed by atoms with E-state index in [1.54, 1.807) is 35.5 Å². The number of aliphatic carboxylic acids is 1. The molecule has 40 heavy (non-hydrogen) atoms. The summed E-state index contributed by atoms with van der Waals surface area (Å²) in [4.78, 5) is 44.1. The lowest BCUT2D eigenvalue weighted by Gasteiger charge is -2.33. The van der Waals surface area contributed by atoms with Gasteiger partial charge in [0.05, 0.1) is 18.4 Å². The number of hydrogen-bond acceptors (Lipinski definition) is 6. The molecule has 2 fully saturated rings. The summed E-state index contributed by atoms with van der Waals surface area (Å²) in [5.74, 6) is -0.579. The van der Waals surface area contributed by atoms with E-state index < -0.39 is 24.6 Å². The molecule has 2 aliphatic rings. The number of amides is 2. The zero-order valence-electron chi connectivity index (χ0n) is 22.8. The molecule has 1 aromatic carbocycles. The Morgan fingerprint density at radius 2 is 1.98 bits per heavy atom. The predicted molar refractivity (Wildman–Crippen MR) is 148 cm³/mol. The Hall–Kier alpha value is -3.53. The number of piperidine rings is 2. The number of rotatable bonds is 12. The number of ether oxygens (including phenoxy) is 1. The quantitative estimate of drug-likeness (QED) is 0.365. The number of para-hydroxylation sites is 1. The number of carbonyl (C=O) groups is 3. The van der Waals surface area contributed by atoms with Crippen LogP contribution in [0.4, 0.5) is 4.39 Å². The first kappa shape index (κ1) is 29.5. The molecule has 2 atom stereocenters. The van der Waals surface area contributed by atoms with E-state index in [0.29, 0.717) is 54.3 Å². The monoisotopic (exact) mass is 554 g/mol. The van der Waals surface area contributed by atoms with E-state index in [4.69, 9.17) is 4.74 Å². The largest absolute Gasteiger partial charge is 0.490 e. The van der Waals surface area contributed by atoms with Gasteiger partial charge in [-0.3, -0.25) is 19.4 Å². The van der Waals surface area contributed by atoms with Crippen molar-refractivity contribution >= 4 is 17.8 Å². The van der Waals surface area contributed by atoms with Crippen molar-refractivity contribution in [3.05, 3.63) is 48.3 Å². The Labute approximate surface area is 234 Å². The first-order valence-electron chi connectivity index (χ1n) is 14.2. The van der Waals surface area contributed by atoms with Gasteiger partial charge >= 0.3 is 5.97 Å². The van der Waals surface area contributed by atoms with Gasteiger partial charge in [-0.15, -0.1) is 0 Å². The molecular weight excluding hydrogens is 515 g/mol. The third-order valence-electron chi connectivity index (χ3n) is 7.76. The van der Waals surface area contributed by atoms with Gasteiger partial charge in [0.25, 0.3) is 0 Å². The van der Waals surface area contributed by atoms with Crippen molar-refractivity contribution in [2.24, 2.45) is 11.8 Å². The Morgan fingerprint density at radius 1 is 1.18 bits per heavy atom. The number of alkyl halides is 1. The van der Waals surface area contributed by atoms with Gasteiger partial charge in [-0.05, 0) is 68.8 Å². The minimum Gasteiger partial charge on any atom is -0.490 e. The zero-order valence-corrected chi connectivity index (χ0v) is 22.8. The molecule has 0 saturated carbocycles. The summed E-state index contributed by atoms with van der Waals surface area (Å²) in [6, 6.07) is 8.13. The van der Waals surface area contributed by atoms with Crippen LogP contribution in [-0.2, 0) is 14.4 Å². The van der Waals surface area contributed by atoms with Crippen molar-refractivity contribution in [2.75, 3.05) is 39.5 Å². The number of nitrogens with one attached hydrogen (secondary N) is 2. The molecule has 0 radical (unpaired) electrons. The number of likely N-dealkylation sites (tertiary alicyclic amines) is 1. The molecule has 0 aliphatic carbocycles. The van der Waals surface area contributed by atoms with Crippen LogP contribution in [0.25, 0.3) is 11.1 Å². The van der Waals surface area contributed by atoms with Crippen LogP contribution in [0.15, 0.2) is 42.7 Å². The summed E-state index contributed by atoms with van der Waals surface area (Å²) in [5.41, 5.74) is 1.90. The number of halogens is 1. The Balaban J connectivity index is 1.42. The standard InChI is InChI=1S/C30H39FN4O5/c31-11-15-40-27-6-2-1-5-25(27)23-16-24(19-33-18-23)26(17-29(37)38)34-30(39)22-4-3-14-35(20-22)28(36)8-7-21-9-12-32-13-10-21/h1-2,5-6,16,18-19,21-22,26,32H,3-4,7-15,17,20H2,(H,34,39)(H,37,38)/t22-,26+/m1/s1. The lowest BCUT2D eigenvalue weighted by Crippen LogP contribution is -2.46. The van der Waals surface area contributed by atoms with Crippen LogP contribution in [-0.4, -0.2) is 72.2 Å². The van der Waals surface area contributed by atoms with E-state index in [2.05, 4.69) is 15.6 Å². The second-order valence-electron chi connectivity index (χ2n) is 10.6. The zero-order chi connectivity index (χ0) is 28.3. The summed E-state index contributed by atoms with van der Waals surface area (Å²) in [6.45, 7) is 2.28. The number of carbonyl (C=O) groups excluding carboxylic acids is 2. The average Bonchev–Trinajstić information content (AvgIpc) is 2.99. The average molecular weight is 555 g/mol. The van der Waals surface area contributed by atoms with Crippen LogP contribution in [0.5, 0.6) is 5.75 Å². The van der Waals surface area contributed by atoms with Crippen molar-refractivity contribution in [3.8, 4) is 16.9 Å². The number of hydrogen-bond donors (Lipinski definition) is 3. The topological polar surface area (TPSA) is 121 Å². The molecule has 10 heteroatoms. The third kappa shape index (κ3) is 8.24. The maximum atomic E-state index is 13.3. The third-order valence-corrected chi connectivity index (χ3v) is 7.76. The van der Waals surface area contributed by atoms with Crippen LogP contribution in [0.1, 0.15) is 56.6 Å². The highest BCUT2D eigenvalue weighted by Gasteiger charge is 2.31. The fraction of sp³-hybridized carbons (Fsp3) is 0.533. The lowest BCUT2D eigenvalue weighted by molar-refractivity contribution is -0.138. The minimum absolute atomic E-state index is 0.0825. The first-order valence-corrected chi connectivity index (χ1v) is 14.2. The van der Waals surface area contributed by atoms with Crippen molar-refractivity contribution in [3.63, 3.8) is 0 Å². The Morgan fingerprint density at radius 3 is 2.75 bits per heavy atom. The predicted octanol–water partition coefficient (Wildman–Crippen LogP) is 3.75. The van der Waals surface area contributed by atoms with Crippen molar-refractivity contribution in [1.82, 2.24) is 20.5 Å². The number of carboxylic acids is 1. The number of pyridine rings is 1. The first-order chi connectivity index (χ1) is 19.4. The SMILES string of the molecule is O=C(O)C[C@H](NC(=O)[C@@H]1CCCN(C(=O)CCC2CCNCC2)C1)c1cncc(-c2ccccc2OCCF)c1. The van der Waals surface area contributed by atoms with Crippen LogP contribution < -0.4 is 15.4 Å². The van der Waals surface area contributed by atoms with E-state index >= 15 is 0 Å². The number of carboxylic acid groups (broad SMARTS) is 1. The smallest absolute Gasteiger partial charge is 0.305 e. The van der Waals surface area contributed by atoms with Gasteiger partial charge in [0.2, 0.25) is 11.8 Å². The van der Waals surface area contributed by atoms with Crippen molar-refractivity contribution in [2.45, 2.75) is 51.0 Å². The molecule has 2 amide bonds. The molecule has 2 aromatic rings. The molecule has 4 rings (SSSR count). The van der Waals surface area contributed by atoms with Gasteiger partial charge in [-0.25, -0.2) is 4.39 Å². The molecule has 1 aromatic heterocycles. The van der Waals surface area contributed by atoms with Gasteiger partial charge in [-0.1, -0.05) is 18.2 Å². The molecule has 2 aliphatic heterocycles. The summed E-state index contributed by atoms with van der Waals surface area (Å²) in [6.07, 6.45) is 7.77. The summed E-state index contributed by atoms with van der Waals surface area (Å²) in [5, 5.41) is 15.9. The maximum absolute atomic E-state index is 13.3. The second-order valence-corrected chi connectivity index (χ2v) is 10.6. The number of aromatic nitrogens is 1. The van der Waals surface area contributed by atoms with Gasteiger partial charge < -0.3 is 25.4 Å². The van der Waals surface area contributed by atoms with Crippen molar-refractivity contribution in [1.29, 1.82) is 0 Å². The van der Waals surface area contributed by atoms with E-state index in [9.17, 15) is 23.9 Å². The van der Waals surface area contributed by atoms with Gasteiger partial charge in [0.1, 0.15) is 19.0 Å². The van der Waals surface area contributed by atoms with Gasteiger partial charge in [0, 0.05) is 43.0 Å². The van der Waals surface area contributed by atoms with Crippen molar-refractivity contribution < 1.29 is 28.6 Å². The molecule has 9 nitrogen and oxygen atoms in total. The van der Waals surface area contributed by atoms with E-state index in [0.717, 1.165) is 38.8 Å². The lowest BCUT2D eigenvalue weighted by atomic mass is 9.92. The molecule has 0 bridgehead atoms. The highest BCUT2D eigenvalue weighted by atomic mass is 19.1. The fourth-order valence-electron chi connectivity index (χ4n) is 5.57.